The molecule has 1 fully saturated rings. The number of nitrogens with one attached hydrogen (secondary N) is 1. The molecule has 2 heterocycles. The van der Waals surface area contributed by atoms with E-state index in [1.54, 1.807) is 0 Å². The number of carbonyl (C=O) groups is 1. The van der Waals surface area contributed by atoms with Gasteiger partial charge in [-0.2, -0.15) is 17.5 Å². The second-order valence-electron chi connectivity index (χ2n) is 5.90. The maximum atomic E-state index is 12.8. The Hall–Kier alpha value is -1.62. The molecular weight excluding hydrogens is 425 g/mol. The lowest BCUT2D eigenvalue weighted by Crippen LogP contribution is -2.42. The van der Waals surface area contributed by atoms with Crippen LogP contribution in [0.5, 0.6) is 0 Å². The van der Waals surface area contributed by atoms with Crippen LogP contribution in [0.4, 0.5) is 18.9 Å². The molecule has 0 spiro atoms. The van der Waals surface area contributed by atoms with Gasteiger partial charge in [0, 0.05) is 12.2 Å². The van der Waals surface area contributed by atoms with Crippen LogP contribution in [-0.4, -0.2) is 31.2 Å². The van der Waals surface area contributed by atoms with Crippen LogP contribution in [0.15, 0.2) is 40.6 Å². The minimum Gasteiger partial charge on any atom is -0.325 e. The molecule has 0 radical (unpaired) electrons. The summed E-state index contributed by atoms with van der Waals surface area (Å²) in [5.41, 5.74) is -0.942. The smallest absolute Gasteiger partial charge is 0.325 e. The Labute approximate surface area is 162 Å². The fourth-order valence-corrected chi connectivity index (χ4v) is 6.11. The van der Waals surface area contributed by atoms with E-state index in [9.17, 15) is 26.4 Å². The van der Waals surface area contributed by atoms with E-state index in [-0.39, 0.29) is 22.9 Å². The molecule has 1 saturated heterocycles. The number of alkyl halides is 3. The van der Waals surface area contributed by atoms with Crippen LogP contribution in [0.3, 0.4) is 0 Å². The number of rotatable bonds is 4. The first-order valence-corrected chi connectivity index (χ1v) is 10.5. The molecule has 0 bridgehead atoms. The molecule has 1 aliphatic heterocycles. The molecule has 1 aromatic carbocycles. The van der Waals surface area contributed by atoms with Crippen LogP contribution < -0.4 is 5.32 Å². The summed E-state index contributed by atoms with van der Waals surface area (Å²) in [6.45, 7) is 0.151. The zero-order chi connectivity index (χ0) is 19.8. The molecule has 0 saturated carbocycles. The molecule has 27 heavy (non-hydrogen) atoms. The predicted octanol–water partition coefficient (Wildman–Crippen LogP) is 4.21. The second-order valence-corrected chi connectivity index (χ2v) is 9.73. The Bertz CT molecular complexity index is 960. The number of hydrogen-bond donors (Lipinski definition) is 1. The summed E-state index contributed by atoms with van der Waals surface area (Å²) in [5, 5.41) is 2.39. The van der Waals surface area contributed by atoms with Crippen LogP contribution in [0.2, 0.25) is 4.34 Å². The average Bonchev–Trinajstić information content (AvgIpc) is 3.23. The van der Waals surface area contributed by atoms with E-state index in [0.717, 1.165) is 27.8 Å². The number of halogens is 4. The lowest BCUT2D eigenvalue weighted by Gasteiger charge is -2.22. The standard InChI is InChI=1S/C16H14ClF3N2O3S2/c17-13-6-7-14(26-13)27(24,25)22-8-2-5-12(22)15(23)21-11-4-1-3-10(9-11)16(18,19)20/h1,3-4,6-7,9,12H,2,5,8H2,(H,21,23). The molecule has 0 aliphatic carbocycles. The fourth-order valence-electron chi connectivity index (χ4n) is 2.84. The third-order valence-electron chi connectivity index (χ3n) is 4.08. The number of nitrogens with zero attached hydrogens (tertiary/aromatic N) is 1. The largest absolute Gasteiger partial charge is 0.416 e. The van der Waals surface area contributed by atoms with Gasteiger partial charge in [0.1, 0.15) is 10.3 Å². The highest BCUT2D eigenvalue weighted by atomic mass is 35.5. The van der Waals surface area contributed by atoms with Gasteiger partial charge in [-0.15, -0.1) is 11.3 Å². The summed E-state index contributed by atoms with van der Waals surface area (Å²) in [4.78, 5) is 12.5. The van der Waals surface area contributed by atoms with Gasteiger partial charge in [0.15, 0.2) is 0 Å². The van der Waals surface area contributed by atoms with Crippen molar-refractivity contribution < 1.29 is 26.4 Å². The van der Waals surface area contributed by atoms with Crippen LogP contribution in [0.1, 0.15) is 18.4 Å². The fraction of sp³-hybridized carbons (Fsp3) is 0.312. The quantitative estimate of drug-likeness (QED) is 0.777. The molecule has 1 unspecified atom stereocenters. The van der Waals surface area contributed by atoms with Crippen molar-refractivity contribution in [1.82, 2.24) is 4.31 Å². The van der Waals surface area contributed by atoms with Gasteiger partial charge in [-0.3, -0.25) is 4.79 Å². The summed E-state index contributed by atoms with van der Waals surface area (Å²) in [6.07, 6.45) is -3.79. The molecule has 1 amide bonds. The van der Waals surface area contributed by atoms with Gasteiger partial charge in [0.2, 0.25) is 5.91 Å². The van der Waals surface area contributed by atoms with E-state index in [1.807, 2.05) is 0 Å². The van der Waals surface area contributed by atoms with Crippen molar-refractivity contribution in [2.45, 2.75) is 29.3 Å². The number of thiophene rings is 1. The first kappa shape index (κ1) is 20.1. The van der Waals surface area contributed by atoms with Crippen LogP contribution >= 0.6 is 22.9 Å². The van der Waals surface area contributed by atoms with Crippen molar-refractivity contribution in [2.24, 2.45) is 0 Å². The van der Waals surface area contributed by atoms with Gasteiger partial charge >= 0.3 is 6.18 Å². The zero-order valence-corrected chi connectivity index (χ0v) is 16.1. The summed E-state index contributed by atoms with van der Waals surface area (Å²) in [5.74, 6) is -0.668. The number of hydrogen-bond acceptors (Lipinski definition) is 4. The monoisotopic (exact) mass is 438 g/mol. The number of anilines is 1. The van der Waals surface area contributed by atoms with E-state index < -0.39 is 33.7 Å². The summed E-state index contributed by atoms with van der Waals surface area (Å²) in [6, 6.07) is 6.02. The molecule has 11 heteroatoms. The van der Waals surface area contributed by atoms with Crippen LogP contribution in [0.25, 0.3) is 0 Å². The number of benzene rings is 1. The van der Waals surface area contributed by atoms with E-state index in [4.69, 9.17) is 11.6 Å². The van der Waals surface area contributed by atoms with E-state index >= 15 is 0 Å². The minimum absolute atomic E-state index is 0.0197. The van der Waals surface area contributed by atoms with Crippen molar-refractivity contribution in [1.29, 1.82) is 0 Å². The molecule has 2 aromatic rings. The molecule has 3 rings (SSSR count). The number of carbonyl (C=O) groups excluding carboxylic acids is 1. The normalized spacial score (nSPS) is 18.6. The lowest BCUT2D eigenvalue weighted by atomic mass is 10.1. The summed E-state index contributed by atoms with van der Waals surface area (Å²) >= 11 is 6.68. The molecule has 1 aliphatic rings. The molecule has 1 aromatic heterocycles. The molecule has 146 valence electrons. The van der Waals surface area contributed by atoms with Crippen molar-refractivity contribution >= 4 is 44.6 Å². The Morgan fingerprint density at radius 2 is 2.00 bits per heavy atom. The van der Waals surface area contributed by atoms with Gasteiger partial charge in [-0.25, -0.2) is 8.42 Å². The number of amides is 1. The highest BCUT2D eigenvalue weighted by Crippen LogP contribution is 2.33. The Morgan fingerprint density at radius 1 is 1.26 bits per heavy atom. The van der Waals surface area contributed by atoms with Crippen LogP contribution in [0, 0.1) is 0 Å². The van der Waals surface area contributed by atoms with Crippen molar-refractivity contribution in [3.05, 3.63) is 46.3 Å². The van der Waals surface area contributed by atoms with Crippen molar-refractivity contribution in [2.75, 3.05) is 11.9 Å². The summed E-state index contributed by atoms with van der Waals surface area (Å²) < 4.78 is 65.3. The minimum atomic E-state index is -4.54. The number of sulfonamides is 1. The Kier molecular flexibility index (Phi) is 5.53. The summed E-state index contributed by atoms with van der Waals surface area (Å²) in [7, 11) is -3.91. The highest BCUT2D eigenvalue weighted by Gasteiger charge is 2.40. The van der Waals surface area contributed by atoms with Crippen molar-refractivity contribution in [3.8, 4) is 0 Å². The third-order valence-corrected chi connectivity index (χ3v) is 7.68. The van der Waals surface area contributed by atoms with E-state index in [1.165, 1.54) is 24.3 Å². The van der Waals surface area contributed by atoms with Gasteiger partial charge in [0.25, 0.3) is 10.0 Å². The maximum absolute atomic E-state index is 12.8. The van der Waals surface area contributed by atoms with Gasteiger partial charge < -0.3 is 5.32 Å². The van der Waals surface area contributed by atoms with Crippen molar-refractivity contribution in [3.63, 3.8) is 0 Å². The van der Waals surface area contributed by atoms with E-state index in [0.29, 0.717) is 10.8 Å². The molecule has 1 N–H and O–H groups in total. The highest BCUT2D eigenvalue weighted by molar-refractivity contribution is 7.91. The average molecular weight is 439 g/mol. The van der Waals surface area contributed by atoms with Gasteiger partial charge in [0.05, 0.1) is 9.90 Å². The third kappa shape index (κ3) is 4.29. The molecule has 1 atom stereocenters. The van der Waals surface area contributed by atoms with Gasteiger partial charge in [-0.05, 0) is 43.2 Å². The molecule has 5 nitrogen and oxygen atoms in total. The van der Waals surface area contributed by atoms with Gasteiger partial charge in [-0.1, -0.05) is 17.7 Å². The SMILES string of the molecule is O=C(Nc1cccc(C(F)(F)F)c1)C1CCCN1S(=O)(=O)c1ccc(Cl)s1. The second kappa shape index (κ2) is 7.42. The Balaban J connectivity index is 1.80. The predicted molar refractivity (Wildman–Crippen MR) is 96.3 cm³/mol. The first-order chi connectivity index (χ1) is 12.6. The first-order valence-electron chi connectivity index (χ1n) is 7.84. The van der Waals surface area contributed by atoms with Crippen LogP contribution in [-0.2, 0) is 21.0 Å². The maximum Gasteiger partial charge on any atom is 0.416 e. The topological polar surface area (TPSA) is 66.5 Å². The Morgan fingerprint density at radius 3 is 2.63 bits per heavy atom. The van der Waals surface area contributed by atoms with E-state index in [2.05, 4.69) is 5.32 Å². The lowest BCUT2D eigenvalue weighted by molar-refractivity contribution is -0.137. The molecular formula is C16H14ClF3N2O3S2. The zero-order valence-electron chi connectivity index (χ0n) is 13.7.